The summed E-state index contributed by atoms with van der Waals surface area (Å²) in [5.41, 5.74) is 0. The monoisotopic (exact) mass is 177 g/mol. The molecule has 3 heteroatoms. The standard InChI is InChI=1S/C10H11NO2/c11-6-5-8-3-4-10(13-8)9-2-1-7-12-9/h1-2,7-8,10H,3-5H2. The minimum atomic E-state index is 0.0633. The van der Waals surface area contributed by atoms with E-state index in [1.54, 1.807) is 6.26 Å². The van der Waals surface area contributed by atoms with Crippen molar-refractivity contribution in [2.45, 2.75) is 31.5 Å². The molecule has 2 heterocycles. The molecule has 13 heavy (non-hydrogen) atoms. The smallest absolute Gasteiger partial charge is 0.132 e. The molecule has 68 valence electrons. The highest BCUT2D eigenvalue weighted by atomic mass is 16.5. The Bertz CT molecular complexity index is 299. The van der Waals surface area contributed by atoms with E-state index in [9.17, 15) is 0 Å². The zero-order valence-corrected chi connectivity index (χ0v) is 7.27. The van der Waals surface area contributed by atoms with E-state index in [4.69, 9.17) is 14.4 Å². The molecule has 0 aliphatic carbocycles. The van der Waals surface area contributed by atoms with Crippen LogP contribution < -0.4 is 0 Å². The van der Waals surface area contributed by atoms with Crippen molar-refractivity contribution in [1.29, 1.82) is 5.26 Å². The van der Waals surface area contributed by atoms with Crippen LogP contribution in [0.2, 0.25) is 0 Å². The van der Waals surface area contributed by atoms with E-state index in [0.29, 0.717) is 6.42 Å². The average Bonchev–Trinajstić information content (AvgIpc) is 2.70. The predicted octanol–water partition coefficient (Wildman–Crippen LogP) is 2.41. The molecule has 2 rings (SSSR count). The molecular formula is C10H11NO2. The Morgan fingerprint density at radius 2 is 2.46 bits per heavy atom. The van der Waals surface area contributed by atoms with Crippen molar-refractivity contribution in [3.05, 3.63) is 24.2 Å². The highest BCUT2D eigenvalue weighted by Gasteiger charge is 2.27. The lowest BCUT2D eigenvalue weighted by Crippen LogP contribution is -2.04. The molecule has 1 aromatic rings. The third-order valence-corrected chi connectivity index (χ3v) is 2.29. The van der Waals surface area contributed by atoms with E-state index in [2.05, 4.69) is 6.07 Å². The molecule has 0 radical (unpaired) electrons. The topological polar surface area (TPSA) is 46.2 Å². The van der Waals surface area contributed by atoms with Crippen molar-refractivity contribution in [2.24, 2.45) is 0 Å². The molecule has 0 bridgehead atoms. The Morgan fingerprint density at radius 3 is 3.15 bits per heavy atom. The SMILES string of the molecule is N#CCC1CCC(c2ccco2)O1. The van der Waals surface area contributed by atoms with Crippen LogP contribution in [0.5, 0.6) is 0 Å². The van der Waals surface area contributed by atoms with Gasteiger partial charge >= 0.3 is 0 Å². The molecule has 3 nitrogen and oxygen atoms in total. The van der Waals surface area contributed by atoms with Crippen molar-refractivity contribution >= 4 is 0 Å². The van der Waals surface area contributed by atoms with Gasteiger partial charge < -0.3 is 9.15 Å². The summed E-state index contributed by atoms with van der Waals surface area (Å²) < 4.78 is 10.9. The second-order valence-electron chi connectivity index (χ2n) is 3.20. The van der Waals surface area contributed by atoms with Gasteiger partial charge in [-0.25, -0.2) is 0 Å². The lowest BCUT2D eigenvalue weighted by atomic mass is 10.1. The zero-order valence-electron chi connectivity index (χ0n) is 7.27. The van der Waals surface area contributed by atoms with Crippen molar-refractivity contribution in [3.8, 4) is 6.07 Å². The molecule has 0 N–H and O–H groups in total. The molecule has 0 saturated carbocycles. The van der Waals surface area contributed by atoms with E-state index in [-0.39, 0.29) is 12.2 Å². The Kier molecular flexibility index (Phi) is 2.33. The quantitative estimate of drug-likeness (QED) is 0.696. The van der Waals surface area contributed by atoms with Gasteiger partial charge in [0.05, 0.1) is 24.9 Å². The summed E-state index contributed by atoms with van der Waals surface area (Å²) in [5, 5.41) is 8.49. The molecule has 0 aromatic carbocycles. The van der Waals surface area contributed by atoms with Gasteiger partial charge in [0.25, 0.3) is 0 Å². The summed E-state index contributed by atoms with van der Waals surface area (Å²) in [6, 6.07) is 5.89. The summed E-state index contributed by atoms with van der Waals surface area (Å²) in [6.07, 6.45) is 4.21. The van der Waals surface area contributed by atoms with E-state index in [0.717, 1.165) is 18.6 Å². The van der Waals surface area contributed by atoms with Crippen LogP contribution in [0.3, 0.4) is 0 Å². The van der Waals surface area contributed by atoms with Crippen LogP contribution in [-0.4, -0.2) is 6.10 Å². The molecule has 1 aromatic heterocycles. The van der Waals surface area contributed by atoms with E-state index >= 15 is 0 Å². The van der Waals surface area contributed by atoms with E-state index in [1.807, 2.05) is 12.1 Å². The number of ether oxygens (including phenoxy) is 1. The fourth-order valence-corrected chi connectivity index (χ4v) is 1.64. The number of nitriles is 1. The van der Waals surface area contributed by atoms with Crippen LogP contribution in [0.1, 0.15) is 31.1 Å². The lowest BCUT2D eigenvalue weighted by molar-refractivity contribution is 0.0351. The summed E-state index contributed by atoms with van der Waals surface area (Å²) in [7, 11) is 0. The highest BCUT2D eigenvalue weighted by molar-refractivity contribution is 5.04. The second-order valence-corrected chi connectivity index (χ2v) is 3.20. The fraction of sp³-hybridized carbons (Fsp3) is 0.500. The number of hydrogen-bond acceptors (Lipinski definition) is 3. The van der Waals surface area contributed by atoms with Crippen molar-refractivity contribution < 1.29 is 9.15 Å². The summed E-state index contributed by atoms with van der Waals surface area (Å²) in [6.45, 7) is 0. The molecule has 0 amide bonds. The second kappa shape index (κ2) is 3.63. The summed E-state index contributed by atoms with van der Waals surface area (Å²) in [4.78, 5) is 0. The van der Waals surface area contributed by atoms with Gasteiger partial charge in [-0.3, -0.25) is 0 Å². The maximum absolute atomic E-state index is 8.49. The van der Waals surface area contributed by atoms with Gasteiger partial charge in [0.2, 0.25) is 0 Å². The van der Waals surface area contributed by atoms with Crippen LogP contribution in [-0.2, 0) is 4.74 Å². The van der Waals surface area contributed by atoms with Crippen LogP contribution in [0.4, 0.5) is 0 Å². The van der Waals surface area contributed by atoms with Crippen LogP contribution in [0.15, 0.2) is 22.8 Å². The first-order valence-electron chi connectivity index (χ1n) is 4.46. The van der Waals surface area contributed by atoms with Gasteiger partial charge in [-0.15, -0.1) is 0 Å². The number of rotatable bonds is 2. The zero-order chi connectivity index (χ0) is 9.10. The van der Waals surface area contributed by atoms with Gasteiger partial charge in [-0.2, -0.15) is 5.26 Å². The number of nitrogens with zero attached hydrogens (tertiary/aromatic N) is 1. The molecule has 2 unspecified atom stereocenters. The van der Waals surface area contributed by atoms with Crippen LogP contribution >= 0.6 is 0 Å². The van der Waals surface area contributed by atoms with Gasteiger partial charge in [0, 0.05) is 0 Å². The van der Waals surface area contributed by atoms with Crippen molar-refractivity contribution in [2.75, 3.05) is 0 Å². The van der Waals surface area contributed by atoms with E-state index in [1.165, 1.54) is 0 Å². The number of hydrogen-bond donors (Lipinski definition) is 0. The lowest BCUT2D eigenvalue weighted by Gasteiger charge is -2.08. The Balaban J connectivity index is 1.96. The Labute approximate surface area is 76.9 Å². The van der Waals surface area contributed by atoms with Gasteiger partial charge in [-0.05, 0) is 25.0 Å². The minimum Gasteiger partial charge on any atom is -0.467 e. The first-order chi connectivity index (χ1) is 6.40. The van der Waals surface area contributed by atoms with Gasteiger partial charge in [0.15, 0.2) is 0 Å². The van der Waals surface area contributed by atoms with Crippen molar-refractivity contribution in [3.63, 3.8) is 0 Å². The van der Waals surface area contributed by atoms with Gasteiger partial charge in [0.1, 0.15) is 11.9 Å². The molecule has 1 saturated heterocycles. The maximum atomic E-state index is 8.49. The molecule has 1 aliphatic rings. The fourth-order valence-electron chi connectivity index (χ4n) is 1.64. The minimum absolute atomic E-state index is 0.0633. The largest absolute Gasteiger partial charge is 0.467 e. The Hall–Kier alpha value is -1.27. The van der Waals surface area contributed by atoms with E-state index < -0.39 is 0 Å². The first kappa shape index (κ1) is 8.33. The predicted molar refractivity (Wildman–Crippen MR) is 45.8 cm³/mol. The summed E-state index contributed by atoms with van der Waals surface area (Å²) in [5.74, 6) is 0.875. The molecule has 0 spiro atoms. The molecule has 1 aliphatic heterocycles. The first-order valence-corrected chi connectivity index (χ1v) is 4.46. The third-order valence-electron chi connectivity index (χ3n) is 2.29. The number of furan rings is 1. The third kappa shape index (κ3) is 1.73. The average molecular weight is 177 g/mol. The van der Waals surface area contributed by atoms with Crippen molar-refractivity contribution in [1.82, 2.24) is 0 Å². The Morgan fingerprint density at radius 1 is 1.54 bits per heavy atom. The van der Waals surface area contributed by atoms with Gasteiger partial charge in [-0.1, -0.05) is 0 Å². The normalized spacial score (nSPS) is 27.3. The molecule has 2 atom stereocenters. The molecular weight excluding hydrogens is 166 g/mol. The van der Waals surface area contributed by atoms with Crippen LogP contribution in [0, 0.1) is 11.3 Å². The summed E-state index contributed by atoms with van der Waals surface area (Å²) >= 11 is 0. The maximum Gasteiger partial charge on any atom is 0.132 e. The van der Waals surface area contributed by atoms with Crippen LogP contribution in [0.25, 0.3) is 0 Å². The molecule has 1 fully saturated rings. The highest BCUT2D eigenvalue weighted by Crippen LogP contribution is 2.33.